The lowest BCUT2D eigenvalue weighted by Gasteiger charge is -2.37. The van der Waals surface area contributed by atoms with E-state index >= 15 is 0 Å². The van der Waals surface area contributed by atoms with E-state index in [0.717, 1.165) is 47.3 Å². The molecule has 0 heteroatoms. The Morgan fingerprint density at radius 2 is 0.549 bits per heavy atom. The monoisotopic (exact) mass is 701 g/mol. The Bertz CT molecular complexity index is 835. The molecule has 0 atom stereocenters. The van der Waals surface area contributed by atoms with Crippen molar-refractivity contribution in [2.24, 2.45) is 47.3 Å². The van der Waals surface area contributed by atoms with Crippen molar-refractivity contribution >= 4 is 0 Å². The molecule has 6 aliphatic rings. The predicted molar refractivity (Wildman–Crippen MR) is 232 cm³/mol. The average Bonchev–Trinajstić information content (AvgIpc) is 3.20. The van der Waals surface area contributed by atoms with Crippen LogP contribution in [0.1, 0.15) is 199 Å². The average molecular weight is 701 g/mol. The maximum atomic E-state index is 4.24. The maximum Gasteiger partial charge on any atom is -0.0320 e. The fourth-order valence-electron chi connectivity index (χ4n) is 11.3. The molecule has 0 unspecified atom stereocenters. The van der Waals surface area contributed by atoms with Crippen molar-refractivity contribution in [3.63, 3.8) is 0 Å². The van der Waals surface area contributed by atoms with Crippen LogP contribution in [0.3, 0.4) is 0 Å². The lowest BCUT2D eigenvalue weighted by molar-refractivity contribution is 0.149. The van der Waals surface area contributed by atoms with Gasteiger partial charge in [-0.2, -0.15) is 0 Å². The van der Waals surface area contributed by atoms with Gasteiger partial charge in [-0.05, 0) is 150 Å². The topological polar surface area (TPSA) is 0 Å². The number of allylic oxidation sites excluding steroid dienone is 3. The Morgan fingerprint density at radius 1 is 0.314 bits per heavy atom. The van der Waals surface area contributed by atoms with Gasteiger partial charge in [0.25, 0.3) is 0 Å². The highest BCUT2D eigenvalue weighted by atomic mass is 14.4. The quantitative estimate of drug-likeness (QED) is 0.199. The summed E-state index contributed by atoms with van der Waals surface area (Å²) in [7, 11) is 0. The highest BCUT2D eigenvalue weighted by Crippen LogP contribution is 2.45. The largest absolute Gasteiger partial charge is 0.106 e. The molecule has 0 nitrogen and oxygen atoms in total. The number of hydrogen-bond donors (Lipinski definition) is 0. The first-order valence-electron chi connectivity index (χ1n) is 22.5. The molecule has 0 aromatic heterocycles. The molecule has 0 amide bonds. The molecule has 0 aromatic carbocycles. The van der Waals surface area contributed by atoms with Gasteiger partial charge in [0, 0.05) is 0 Å². The summed E-state index contributed by atoms with van der Waals surface area (Å²) in [6.07, 6.45) is 45.7. The second kappa shape index (κ2) is 28.0. The summed E-state index contributed by atoms with van der Waals surface area (Å²) in [5, 5.41) is 0. The first-order valence-corrected chi connectivity index (χ1v) is 22.5. The maximum absolute atomic E-state index is 4.24. The summed E-state index contributed by atoms with van der Waals surface area (Å²) in [4.78, 5) is 0. The van der Waals surface area contributed by atoms with Gasteiger partial charge < -0.3 is 0 Å². The van der Waals surface area contributed by atoms with Gasteiger partial charge >= 0.3 is 0 Å². The minimum atomic E-state index is 0.976. The Kier molecular flexibility index (Phi) is 25.0. The van der Waals surface area contributed by atoms with E-state index in [1.807, 2.05) is 0 Å². The zero-order chi connectivity index (χ0) is 37.3. The molecule has 6 fully saturated rings. The predicted octanol–water partition coefficient (Wildman–Crippen LogP) is 17.2. The van der Waals surface area contributed by atoms with Crippen molar-refractivity contribution in [2.45, 2.75) is 199 Å². The van der Waals surface area contributed by atoms with Gasteiger partial charge in [0.15, 0.2) is 0 Å². The summed E-state index contributed by atoms with van der Waals surface area (Å²) in [5.41, 5.74) is 4.51. The van der Waals surface area contributed by atoms with Crippen LogP contribution in [0.15, 0.2) is 75.9 Å². The van der Waals surface area contributed by atoms with E-state index in [-0.39, 0.29) is 0 Å². The van der Waals surface area contributed by atoms with Crippen LogP contribution < -0.4 is 0 Å². The van der Waals surface area contributed by atoms with Crippen LogP contribution in [-0.4, -0.2) is 0 Å². The van der Waals surface area contributed by atoms with Crippen molar-refractivity contribution in [1.29, 1.82) is 0 Å². The molecule has 0 aromatic rings. The fourth-order valence-corrected chi connectivity index (χ4v) is 11.3. The first-order chi connectivity index (χ1) is 25.0. The molecule has 51 heavy (non-hydrogen) atoms. The summed E-state index contributed by atoms with van der Waals surface area (Å²) in [6.45, 7) is 30.7. The molecule has 0 saturated heterocycles. The van der Waals surface area contributed by atoms with Crippen molar-refractivity contribution in [1.82, 2.24) is 0 Å². The van der Waals surface area contributed by atoms with Crippen LogP contribution in [0.25, 0.3) is 0 Å². The van der Waals surface area contributed by atoms with Crippen LogP contribution in [0.5, 0.6) is 0 Å². The third kappa shape index (κ3) is 17.9. The Morgan fingerprint density at radius 3 is 0.863 bits per heavy atom. The normalized spacial score (nSPS) is 23.5. The van der Waals surface area contributed by atoms with E-state index in [0.29, 0.717) is 0 Å². The zero-order valence-corrected chi connectivity index (χ0v) is 34.4. The molecule has 0 bridgehead atoms. The van der Waals surface area contributed by atoms with Gasteiger partial charge in [-0.25, -0.2) is 0 Å². The van der Waals surface area contributed by atoms with Gasteiger partial charge in [-0.15, -0.1) is 39.5 Å². The zero-order valence-electron chi connectivity index (χ0n) is 34.4. The highest BCUT2D eigenvalue weighted by molar-refractivity contribution is 5.02. The van der Waals surface area contributed by atoms with Gasteiger partial charge in [-0.1, -0.05) is 133 Å². The molecular weight excluding hydrogens is 613 g/mol. The van der Waals surface area contributed by atoms with Gasteiger partial charge in [0.2, 0.25) is 0 Å². The van der Waals surface area contributed by atoms with Gasteiger partial charge in [0.1, 0.15) is 0 Å². The van der Waals surface area contributed by atoms with E-state index < -0.39 is 0 Å². The molecule has 6 saturated carbocycles. The Balaban J connectivity index is 0.000000310. The molecule has 6 rings (SSSR count). The SMILES string of the molecule is C1CCC(CC(CC2CCCCC2)C2CCCCC2)CC1.C=C.C=C.C=C.C=C1CCC(CC(CC2CCC(=C)CC2)C2CCC(=C)CC2)CC1. The second-order valence-corrected chi connectivity index (χ2v) is 17.8. The first kappa shape index (κ1) is 45.6. The minimum Gasteiger partial charge on any atom is -0.106 e. The standard InChI is InChI=1S/C24H38.C21H38.3C2H4/c1-18-4-10-21(11-5-18)16-24(23-14-8-20(3)9-15-23)17-22-12-6-19(2)7-13-22;1-4-10-18(11-5-1)16-21(20-14-8-3-9-15-20)17-19-12-6-2-7-13-19;3*1-2/h21-24H,1-17H2;18-21H,1-17H2;3*1-2H2. The van der Waals surface area contributed by atoms with E-state index in [2.05, 4.69) is 59.2 Å². The summed E-state index contributed by atoms with van der Waals surface area (Å²) in [6, 6.07) is 0. The lowest BCUT2D eigenvalue weighted by Crippen LogP contribution is -2.25. The molecule has 0 radical (unpaired) electrons. The van der Waals surface area contributed by atoms with Crippen LogP contribution >= 0.6 is 0 Å². The van der Waals surface area contributed by atoms with Gasteiger partial charge in [-0.3, -0.25) is 0 Å². The van der Waals surface area contributed by atoms with E-state index in [4.69, 9.17) is 0 Å². The Labute approximate surface area is 321 Å². The van der Waals surface area contributed by atoms with E-state index in [1.165, 1.54) is 164 Å². The molecule has 0 spiro atoms. The summed E-state index contributed by atoms with van der Waals surface area (Å²) in [5.74, 6) is 8.34. The summed E-state index contributed by atoms with van der Waals surface area (Å²) < 4.78 is 0. The number of hydrogen-bond acceptors (Lipinski definition) is 0. The second-order valence-electron chi connectivity index (χ2n) is 17.8. The van der Waals surface area contributed by atoms with E-state index in [9.17, 15) is 0 Å². The van der Waals surface area contributed by atoms with Crippen LogP contribution in [-0.2, 0) is 0 Å². The number of rotatable bonds is 10. The van der Waals surface area contributed by atoms with Crippen molar-refractivity contribution < 1.29 is 0 Å². The molecule has 0 N–H and O–H groups in total. The third-order valence-corrected chi connectivity index (χ3v) is 14.3. The lowest BCUT2D eigenvalue weighted by atomic mass is 9.68. The molecular formula is C51H88. The molecule has 292 valence electrons. The Hall–Kier alpha value is -1.56. The van der Waals surface area contributed by atoms with Crippen molar-refractivity contribution in [3.05, 3.63) is 75.9 Å². The van der Waals surface area contributed by atoms with E-state index in [1.54, 1.807) is 51.4 Å². The molecule has 6 aliphatic carbocycles. The van der Waals surface area contributed by atoms with Gasteiger partial charge in [0.05, 0.1) is 0 Å². The fraction of sp³-hybridized carbons (Fsp3) is 0.765. The van der Waals surface area contributed by atoms with Crippen LogP contribution in [0.4, 0.5) is 0 Å². The molecule has 0 heterocycles. The van der Waals surface area contributed by atoms with Crippen LogP contribution in [0.2, 0.25) is 0 Å². The third-order valence-electron chi connectivity index (χ3n) is 14.3. The smallest absolute Gasteiger partial charge is 0.0320 e. The molecule has 0 aliphatic heterocycles. The van der Waals surface area contributed by atoms with Crippen molar-refractivity contribution in [2.75, 3.05) is 0 Å². The summed E-state index contributed by atoms with van der Waals surface area (Å²) >= 11 is 0. The minimum absolute atomic E-state index is 0.976. The highest BCUT2D eigenvalue weighted by Gasteiger charge is 2.32. The van der Waals surface area contributed by atoms with Crippen molar-refractivity contribution in [3.8, 4) is 0 Å². The van der Waals surface area contributed by atoms with Crippen LogP contribution in [0, 0.1) is 47.3 Å².